The van der Waals surface area contributed by atoms with Crippen molar-refractivity contribution in [3.05, 3.63) is 66.6 Å². The van der Waals surface area contributed by atoms with E-state index in [1.165, 1.54) is 6.20 Å². The molecule has 3 rings (SSSR count). The lowest BCUT2D eigenvalue weighted by molar-refractivity contribution is -0.126. The molecule has 1 aromatic carbocycles. The van der Waals surface area contributed by atoms with Crippen molar-refractivity contribution in [3.63, 3.8) is 0 Å². The van der Waals surface area contributed by atoms with Crippen LogP contribution in [0.5, 0.6) is 0 Å². The molecule has 8 nitrogen and oxygen atoms in total. The molecule has 128 valence electrons. The Kier molecular flexibility index (Phi) is 5.20. The number of nitrogens with one attached hydrogen (secondary N) is 3. The van der Waals surface area contributed by atoms with Crippen LogP contribution < -0.4 is 10.6 Å². The zero-order chi connectivity index (χ0) is 17.5. The molecule has 0 aliphatic heterocycles. The van der Waals surface area contributed by atoms with Gasteiger partial charge in [-0.05, 0) is 11.6 Å². The molecular formula is C17H18N6O2. The summed E-state index contributed by atoms with van der Waals surface area (Å²) in [7, 11) is 0. The van der Waals surface area contributed by atoms with Crippen LogP contribution in [0.3, 0.4) is 0 Å². The molecule has 0 saturated heterocycles. The van der Waals surface area contributed by atoms with Gasteiger partial charge < -0.3 is 10.6 Å². The number of hydrogen-bond acceptors (Lipinski definition) is 4. The maximum atomic E-state index is 12.6. The summed E-state index contributed by atoms with van der Waals surface area (Å²) in [6, 6.07) is 11.7. The molecule has 2 heterocycles. The van der Waals surface area contributed by atoms with Gasteiger partial charge in [0.25, 0.3) is 5.91 Å². The number of aryl methyl sites for hydroxylation is 1. The first-order chi connectivity index (χ1) is 12.2. The predicted molar refractivity (Wildman–Crippen MR) is 91.4 cm³/mol. The van der Waals surface area contributed by atoms with Crippen molar-refractivity contribution in [3.8, 4) is 0 Å². The second kappa shape index (κ2) is 7.91. The molecule has 0 radical (unpaired) electrons. The molecule has 0 aliphatic carbocycles. The minimum atomic E-state index is -0.797. The van der Waals surface area contributed by atoms with E-state index < -0.39 is 6.04 Å². The molecule has 2 amide bonds. The number of hydrogen-bond donors (Lipinski definition) is 3. The van der Waals surface area contributed by atoms with E-state index in [1.807, 2.05) is 18.2 Å². The second-order valence-corrected chi connectivity index (χ2v) is 5.39. The number of anilines is 1. The van der Waals surface area contributed by atoms with Crippen molar-refractivity contribution in [2.75, 3.05) is 5.32 Å². The average molecular weight is 338 g/mol. The Labute approximate surface area is 144 Å². The highest BCUT2D eigenvalue weighted by Crippen LogP contribution is 2.15. The average Bonchev–Trinajstić information content (AvgIpc) is 3.32. The molecule has 0 bridgehead atoms. The van der Waals surface area contributed by atoms with Gasteiger partial charge in [-0.1, -0.05) is 30.3 Å². The lowest BCUT2D eigenvalue weighted by Gasteiger charge is -2.18. The van der Waals surface area contributed by atoms with Crippen LogP contribution in [0.4, 0.5) is 5.82 Å². The molecule has 0 fully saturated rings. The van der Waals surface area contributed by atoms with E-state index in [2.05, 4.69) is 25.9 Å². The zero-order valence-corrected chi connectivity index (χ0v) is 13.4. The van der Waals surface area contributed by atoms with Crippen LogP contribution in [0.2, 0.25) is 0 Å². The third-order valence-corrected chi connectivity index (χ3v) is 3.59. The molecule has 0 aliphatic rings. The highest BCUT2D eigenvalue weighted by Gasteiger charge is 2.23. The summed E-state index contributed by atoms with van der Waals surface area (Å²) in [4.78, 5) is 24.9. The molecule has 3 aromatic rings. The van der Waals surface area contributed by atoms with Gasteiger partial charge in [-0.3, -0.25) is 19.4 Å². The Morgan fingerprint density at radius 3 is 2.64 bits per heavy atom. The van der Waals surface area contributed by atoms with E-state index in [0.29, 0.717) is 17.9 Å². The highest BCUT2D eigenvalue weighted by atomic mass is 16.2. The predicted octanol–water partition coefficient (Wildman–Crippen LogP) is 1.49. The van der Waals surface area contributed by atoms with E-state index in [-0.39, 0.29) is 18.2 Å². The van der Waals surface area contributed by atoms with Crippen molar-refractivity contribution >= 4 is 17.6 Å². The number of nitrogens with zero attached hydrogens (tertiary/aromatic N) is 3. The summed E-state index contributed by atoms with van der Waals surface area (Å²) in [5.41, 5.74) is 0.701. The fourth-order valence-corrected chi connectivity index (χ4v) is 2.36. The van der Waals surface area contributed by atoms with Crippen LogP contribution >= 0.6 is 0 Å². The van der Waals surface area contributed by atoms with E-state index in [9.17, 15) is 9.59 Å². The van der Waals surface area contributed by atoms with Crippen molar-refractivity contribution in [2.24, 2.45) is 0 Å². The van der Waals surface area contributed by atoms with Crippen LogP contribution in [0.15, 0.2) is 61.1 Å². The standard InChI is InChI=1S/C17H18N6O2/c24-15(8-12-23-11-4-9-19-23)21-16(13-5-2-1-3-6-13)17(25)20-14-7-10-18-22-14/h1-7,9-11,16H,8,12H2,(H,21,24)(H2,18,20,22,25). The highest BCUT2D eigenvalue weighted by molar-refractivity contribution is 5.97. The Hall–Kier alpha value is -3.42. The van der Waals surface area contributed by atoms with E-state index >= 15 is 0 Å². The number of H-pyrrole nitrogens is 1. The van der Waals surface area contributed by atoms with Gasteiger partial charge in [0.05, 0.1) is 6.20 Å². The minimum Gasteiger partial charge on any atom is -0.340 e. The molecule has 8 heteroatoms. The fraction of sp³-hybridized carbons (Fsp3) is 0.176. The number of amides is 2. The maximum absolute atomic E-state index is 12.6. The molecule has 25 heavy (non-hydrogen) atoms. The van der Waals surface area contributed by atoms with Crippen LogP contribution in [-0.4, -0.2) is 31.8 Å². The molecule has 1 unspecified atom stereocenters. The first-order valence-corrected chi connectivity index (χ1v) is 7.84. The molecular weight excluding hydrogens is 320 g/mol. The normalized spacial score (nSPS) is 11.7. The van der Waals surface area contributed by atoms with E-state index in [4.69, 9.17) is 0 Å². The van der Waals surface area contributed by atoms with Crippen molar-refractivity contribution in [1.82, 2.24) is 25.3 Å². The largest absolute Gasteiger partial charge is 0.340 e. The summed E-state index contributed by atoms with van der Waals surface area (Å²) in [5, 5.41) is 16.0. The molecule has 2 aromatic heterocycles. The number of carbonyl (C=O) groups excluding carboxylic acids is 2. The minimum absolute atomic E-state index is 0.225. The second-order valence-electron chi connectivity index (χ2n) is 5.39. The summed E-state index contributed by atoms with van der Waals surface area (Å²) in [5.74, 6) is -0.108. The van der Waals surface area contributed by atoms with Crippen LogP contribution in [0, 0.1) is 0 Å². The van der Waals surface area contributed by atoms with Gasteiger partial charge in [0.2, 0.25) is 5.91 Å². The third kappa shape index (κ3) is 4.54. The van der Waals surface area contributed by atoms with Gasteiger partial charge in [0.15, 0.2) is 0 Å². The number of benzene rings is 1. The van der Waals surface area contributed by atoms with Crippen LogP contribution in [-0.2, 0) is 16.1 Å². The summed E-state index contributed by atoms with van der Waals surface area (Å²) >= 11 is 0. The van der Waals surface area contributed by atoms with Gasteiger partial charge in [-0.2, -0.15) is 10.2 Å². The number of rotatable bonds is 7. The lowest BCUT2D eigenvalue weighted by Crippen LogP contribution is -2.37. The van der Waals surface area contributed by atoms with E-state index in [0.717, 1.165) is 0 Å². The van der Waals surface area contributed by atoms with Gasteiger partial charge in [-0.25, -0.2) is 0 Å². The van der Waals surface area contributed by atoms with Gasteiger partial charge in [0, 0.05) is 31.4 Å². The Balaban J connectivity index is 1.67. The molecule has 0 spiro atoms. The van der Waals surface area contributed by atoms with Gasteiger partial charge in [-0.15, -0.1) is 0 Å². The summed E-state index contributed by atoms with van der Waals surface area (Å²) < 4.78 is 1.67. The SMILES string of the molecule is O=C(CCn1cccn1)NC(C(=O)Nc1ccn[nH]1)c1ccccc1. The smallest absolute Gasteiger partial charge is 0.252 e. The third-order valence-electron chi connectivity index (χ3n) is 3.59. The molecule has 3 N–H and O–H groups in total. The van der Waals surface area contributed by atoms with Gasteiger partial charge in [0.1, 0.15) is 11.9 Å². The topological polar surface area (TPSA) is 105 Å². The molecule has 0 saturated carbocycles. The number of aromatic amines is 1. The van der Waals surface area contributed by atoms with Crippen LogP contribution in [0.1, 0.15) is 18.0 Å². The summed E-state index contributed by atoms with van der Waals surface area (Å²) in [6.07, 6.45) is 5.20. The lowest BCUT2D eigenvalue weighted by atomic mass is 10.1. The summed E-state index contributed by atoms with van der Waals surface area (Å²) in [6.45, 7) is 0.447. The quantitative estimate of drug-likeness (QED) is 0.607. The number of aromatic nitrogens is 4. The fourth-order valence-electron chi connectivity index (χ4n) is 2.36. The van der Waals surface area contributed by atoms with Crippen molar-refractivity contribution in [2.45, 2.75) is 19.0 Å². The van der Waals surface area contributed by atoms with E-state index in [1.54, 1.807) is 41.3 Å². The van der Waals surface area contributed by atoms with Crippen LogP contribution in [0.25, 0.3) is 0 Å². The Morgan fingerprint density at radius 2 is 1.96 bits per heavy atom. The number of carbonyl (C=O) groups is 2. The monoisotopic (exact) mass is 338 g/mol. The first-order valence-electron chi connectivity index (χ1n) is 7.84. The van der Waals surface area contributed by atoms with Gasteiger partial charge >= 0.3 is 0 Å². The van der Waals surface area contributed by atoms with Crippen molar-refractivity contribution in [1.29, 1.82) is 0 Å². The Morgan fingerprint density at radius 1 is 1.12 bits per heavy atom. The van der Waals surface area contributed by atoms with Crippen molar-refractivity contribution < 1.29 is 9.59 Å². The Bertz CT molecular complexity index is 799. The molecule has 1 atom stereocenters. The first kappa shape index (κ1) is 16.4. The zero-order valence-electron chi connectivity index (χ0n) is 13.4. The maximum Gasteiger partial charge on any atom is 0.252 e.